The minimum absolute atomic E-state index is 0.268. The molecule has 0 unspecified atom stereocenters. The number of carbonyl (C=O) groups excluding carboxylic acids is 2. The normalized spacial score (nSPS) is 13.7. The second-order valence-electron chi connectivity index (χ2n) is 7.99. The Labute approximate surface area is 188 Å². The summed E-state index contributed by atoms with van der Waals surface area (Å²) in [5.74, 6) is -0.00214. The van der Waals surface area contributed by atoms with Crippen LogP contribution in [0, 0.1) is 20.8 Å². The van der Waals surface area contributed by atoms with Gasteiger partial charge in [0.25, 0.3) is 11.8 Å². The van der Waals surface area contributed by atoms with E-state index in [4.69, 9.17) is 4.74 Å². The molecule has 3 aromatic rings. The summed E-state index contributed by atoms with van der Waals surface area (Å²) < 4.78 is 5.53. The summed E-state index contributed by atoms with van der Waals surface area (Å²) in [5, 5.41) is 3.22. The summed E-state index contributed by atoms with van der Waals surface area (Å²) in [6.07, 6.45) is 0. The highest BCUT2D eigenvalue weighted by Gasteiger charge is 2.40. The van der Waals surface area contributed by atoms with Crippen molar-refractivity contribution in [2.75, 3.05) is 16.8 Å². The van der Waals surface area contributed by atoms with Crippen molar-refractivity contribution in [2.24, 2.45) is 0 Å². The van der Waals surface area contributed by atoms with Crippen LogP contribution in [-0.2, 0) is 9.59 Å². The van der Waals surface area contributed by atoms with Crippen LogP contribution in [0.15, 0.2) is 72.4 Å². The van der Waals surface area contributed by atoms with Gasteiger partial charge in [-0.25, -0.2) is 4.90 Å². The first-order valence-corrected chi connectivity index (χ1v) is 10.7. The molecular weight excluding hydrogens is 400 g/mol. The lowest BCUT2D eigenvalue weighted by Crippen LogP contribution is -2.32. The molecule has 0 spiro atoms. The van der Waals surface area contributed by atoms with Crippen LogP contribution in [0.2, 0.25) is 0 Å². The van der Waals surface area contributed by atoms with Crippen LogP contribution >= 0.6 is 0 Å². The molecule has 5 nitrogen and oxygen atoms in total. The molecule has 0 fully saturated rings. The number of hydrogen-bond donors (Lipinski definition) is 1. The zero-order chi connectivity index (χ0) is 22.8. The number of aryl methyl sites for hydroxylation is 3. The van der Waals surface area contributed by atoms with E-state index < -0.39 is 0 Å². The summed E-state index contributed by atoms with van der Waals surface area (Å²) in [4.78, 5) is 28.4. The lowest BCUT2D eigenvalue weighted by Gasteiger charge is -2.17. The molecule has 0 bridgehead atoms. The highest BCUT2D eigenvalue weighted by atomic mass is 16.5. The molecule has 2 amide bonds. The van der Waals surface area contributed by atoms with Crippen LogP contribution in [0.5, 0.6) is 5.75 Å². The molecule has 1 heterocycles. The number of amides is 2. The van der Waals surface area contributed by atoms with E-state index in [0.717, 1.165) is 22.4 Å². The van der Waals surface area contributed by atoms with Gasteiger partial charge in [-0.05, 0) is 86.3 Å². The van der Waals surface area contributed by atoms with Gasteiger partial charge in [0, 0.05) is 5.69 Å². The van der Waals surface area contributed by atoms with Crippen LogP contribution in [0.4, 0.5) is 11.4 Å². The predicted molar refractivity (Wildman–Crippen MR) is 128 cm³/mol. The van der Waals surface area contributed by atoms with E-state index in [-0.39, 0.29) is 17.5 Å². The molecule has 4 rings (SSSR count). The van der Waals surface area contributed by atoms with Crippen molar-refractivity contribution in [3.05, 3.63) is 94.7 Å². The average molecular weight is 427 g/mol. The van der Waals surface area contributed by atoms with Crippen molar-refractivity contribution in [1.29, 1.82) is 0 Å². The molecule has 5 heteroatoms. The van der Waals surface area contributed by atoms with Crippen LogP contribution in [0.3, 0.4) is 0 Å². The number of carbonyl (C=O) groups is 2. The van der Waals surface area contributed by atoms with Gasteiger partial charge in [0.1, 0.15) is 11.4 Å². The topological polar surface area (TPSA) is 58.6 Å². The van der Waals surface area contributed by atoms with Crippen molar-refractivity contribution in [2.45, 2.75) is 27.7 Å². The van der Waals surface area contributed by atoms with Crippen LogP contribution < -0.4 is 15.0 Å². The standard InChI is InChI=1S/C27H26N2O3/c1-5-32-23-11-9-20(10-12-23)24-25(28-21-8-6-7-17(2)14-21)27(31)29(26(24)30)22-15-18(3)13-19(4)16-22/h6-16,28H,5H2,1-4H3. The Morgan fingerprint density at radius 1 is 0.812 bits per heavy atom. The number of rotatable bonds is 6. The number of anilines is 2. The second-order valence-corrected chi connectivity index (χ2v) is 7.99. The number of hydrogen-bond acceptors (Lipinski definition) is 4. The summed E-state index contributed by atoms with van der Waals surface area (Å²) >= 11 is 0. The number of nitrogens with zero attached hydrogens (tertiary/aromatic N) is 1. The van der Waals surface area contributed by atoms with Crippen LogP contribution in [0.25, 0.3) is 5.57 Å². The lowest BCUT2D eigenvalue weighted by molar-refractivity contribution is -0.120. The lowest BCUT2D eigenvalue weighted by atomic mass is 10.0. The van der Waals surface area contributed by atoms with Gasteiger partial charge in [-0.15, -0.1) is 0 Å². The molecule has 0 atom stereocenters. The molecule has 0 saturated carbocycles. The maximum absolute atomic E-state index is 13.6. The first-order chi connectivity index (χ1) is 15.4. The summed E-state index contributed by atoms with van der Waals surface area (Å²) in [5.41, 5.74) is 5.64. The van der Waals surface area contributed by atoms with Gasteiger partial charge < -0.3 is 10.1 Å². The molecular formula is C27H26N2O3. The third kappa shape index (κ3) is 4.14. The van der Waals surface area contributed by atoms with Gasteiger partial charge in [0.05, 0.1) is 17.9 Å². The number of nitrogens with one attached hydrogen (secondary N) is 1. The van der Waals surface area contributed by atoms with E-state index in [1.807, 2.05) is 94.4 Å². The first kappa shape index (κ1) is 21.4. The van der Waals surface area contributed by atoms with Gasteiger partial charge in [0.2, 0.25) is 0 Å². The SMILES string of the molecule is CCOc1ccc(C2=C(Nc3cccc(C)c3)C(=O)N(c3cc(C)cc(C)c3)C2=O)cc1. The highest BCUT2D eigenvalue weighted by Crippen LogP contribution is 2.35. The van der Waals surface area contributed by atoms with E-state index >= 15 is 0 Å². The van der Waals surface area contributed by atoms with Gasteiger partial charge in [-0.1, -0.05) is 30.3 Å². The fourth-order valence-corrected chi connectivity index (χ4v) is 3.98. The van der Waals surface area contributed by atoms with Crippen molar-refractivity contribution in [3.63, 3.8) is 0 Å². The number of benzene rings is 3. The molecule has 1 aliphatic rings. The fourth-order valence-electron chi connectivity index (χ4n) is 3.98. The van der Waals surface area contributed by atoms with E-state index in [9.17, 15) is 9.59 Å². The highest BCUT2D eigenvalue weighted by molar-refractivity contribution is 6.46. The van der Waals surface area contributed by atoms with Crippen molar-refractivity contribution >= 4 is 28.8 Å². The Balaban J connectivity index is 1.81. The maximum Gasteiger partial charge on any atom is 0.282 e. The molecule has 1 N–H and O–H groups in total. The van der Waals surface area contributed by atoms with Crippen molar-refractivity contribution in [1.82, 2.24) is 0 Å². The minimum Gasteiger partial charge on any atom is -0.494 e. The monoisotopic (exact) mass is 426 g/mol. The summed E-state index contributed by atoms with van der Waals surface area (Å²) in [6, 6.07) is 20.7. The zero-order valence-corrected chi connectivity index (χ0v) is 18.7. The Morgan fingerprint density at radius 2 is 1.50 bits per heavy atom. The zero-order valence-electron chi connectivity index (χ0n) is 18.7. The summed E-state index contributed by atoms with van der Waals surface area (Å²) in [6.45, 7) is 8.36. The average Bonchev–Trinajstić information content (AvgIpc) is 2.98. The van der Waals surface area contributed by atoms with Gasteiger partial charge in [0.15, 0.2) is 0 Å². The molecule has 32 heavy (non-hydrogen) atoms. The minimum atomic E-state index is -0.370. The van der Waals surface area contributed by atoms with E-state index in [1.165, 1.54) is 4.90 Å². The van der Waals surface area contributed by atoms with Crippen LogP contribution in [-0.4, -0.2) is 18.4 Å². The predicted octanol–water partition coefficient (Wildman–Crippen LogP) is 5.41. The van der Waals surface area contributed by atoms with Crippen molar-refractivity contribution < 1.29 is 14.3 Å². The quantitative estimate of drug-likeness (QED) is 0.536. The van der Waals surface area contributed by atoms with Gasteiger partial charge in [-0.3, -0.25) is 9.59 Å². The van der Waals surface area contributed by atoms with Crippen molar-refractivity contribution in [3.8, 4) is 5.75 Å². The Morgan fingerprint density at radius 3 is 2.12 bits per heavy atom. The molecule has 1 aliphatic heterocycles. The molecule has 3 aromatic carbocycles. The fraction of sp³-hybridized carbons (Fsp3) is 0.185. The van der Waals surface area contributed by atoms with Gasteiger partial charge >= 0.3 is 0 Å². The number of ether oxygens (including phenoxy) is 1. The van der Waals surface area contributed by atoms with Crippen LogP contribution in [0.1, 0.15) is 29.2 Å². The Hall–Kier alpha value is -3.86. The third-order valence-electron chi connectivity index (χ3n) is 5.29. The smallest absolute Gasteiger partial charge is 0.282 e. The maximum atomic E-state index is 13.6. The molecule has 0 radical (unpaired) electrons. The molecule has 0 saturated heterocycles. The largest absolute Gasteiger partial charge is 0.494 e. The first-order valence-electron chi connectivity index (χ1n) is 10.7. The summed E-state index contributed by atoms with van der Waals surface area (Å²) in [7, 11) is 0. The second kappa shape index (κ2) is 8.71. The van der Waals surface area contributed by atoms with E-state index in [1.54, 1.807) is 0 Å². The van der Waals surface area contributed by atoms with E-state index in [2.05, 4.69) is 5.32 Å². The van der Waals surface area contributed by atoms with Gasteiger partial charge in [-0.2, -0.15) is 0 Å². The Kier molecular flexibility index (Phi) is 5.82. The number of imide groups is 1. The third-order valence-corrected chi connectivity index (χ3v) is 5.29. The molecule has 0 aromatic heterocycles. The Bertz CT molecular complexity index is 1210. The molecule has 162 valence electrons. The van der Waals surface area contributed by atoms with E-state index in [0.29, 0.717) is 29.2 Å². The molecule has 0 aliphatic carbocycles.